The Bertz CT molecular complexity index is 572. The normalized spacial score (nSPS) is 23.7. The van der Waals surface area contributed by atoms with Crippen molar-refractivity contribution in [2.45, 2.75) is 51.5 Å². The highest BCUT2D eigenvalue weighted by Gasteiger charge is 2.37. The molecule has 2 saturated heterocycles. The van der Waals surface area contributed by atoms with Crippen molar-refractivity contribution >= 4 is 11.8 Å². The van der Waals surface area contributed by atoms with E-state index in [1.807, 2.05) is 28.0 Å². The zero-order valence-corrected chi connectivity index (χ0v) is 14.6. The van der Waals surface area contributed by atoms with E-state index in [2.05, 4.69) is 12.1 Å². The van der Waals surface area contributed by atoms with Gasteiger partial charge in [-0.3, -0.25) is 9.59 Å². The Labute approximate surface area is 144 Å². The zero-order valence-electron chi connectivity index (χ0n) is 14.6. The summed E-state index contributed by atoms with van der Waals surface area (Å²) >= 11 is 0. The molecule has 0 spiro atoms. The average Bonchev–Trinajstić information content (AvgIpc) is 2.61. The molecule has 0 radical (unpaired) electrons. The summed E-state index contributed by atoms with van der Waals surface area (Å²) in [4.78, 5) is 28.4. The lowest BCUT2D eigenvalue weighted by molar-refractivity contribution is -0.140. The van der Waals surface area contributed by atoms with E-state index < -0.39 is 0 Å². The maximum absolute atomic E-state index is 12.5. The highest BCUT2D eigenvalue weighted by Crippen LogP contribution is 2.31. The molecular formula is C20H28N2O2. The van der Waals surface area contributed by atoms with Gasteiger partial charge in [-0.15, -0.1) is 0 Å². The number of hydrogen-bond donors (Lipinski definition) is 0. The maximum Gasteiger partial charge on any atom is 0.222 e. The molecule has 2 aliphatic heterocycles. The summed E-state index contributed by atoms with van der Waals surface area (Å²) < 4.78 is 0. The number of amides is 2. The number of aryl methyl sites for hydroxylation is 1. The van der Waals surface area contributed by atoms with Gasteiger partial charge in [0, 0.05) is 39.0 Å². The van der Waals surface area contributed by atoms with Gasteiger partial charge >= 0.3 is 0 Å². The van der Waals surface area contributed by atoms with E-state index >= 15 is 0 Å². The second-order valence-corrected chi connectivity index (χ2v) is 7.15. The van der Waals surface area contributed by atoms with Crippen LogP contribution in [0.5, 0.6) is 0 Å². The Kier molecular flexibility index (Phi) is 5.54. The maximum atomic E-state index is 12.5. The number of fused-ring (bicyclic) bond motifs is 1. The Morgan fingerprint density at radius 1 is 1.12 bits per heavy atom. The van der Waals surface area contributed by atoms with Gasteiger partial charge in [-0.2, -0.15) is 0 Å². The van der Waals surface area contributed by atoms with E-state index in [1.54, 1.807) is 6.92 Å². The van der Waals surface area contributed by atoms with Crippen LogP contribution in [0.3, 0.4) is 0 Å². The number of carbonyl (C=O) groups excluding carboxylic acids is 2. The van der Waals surface area contributed by atoms with E-state index in [1.165, 1.54) is 5.56 Å². The minimum absolute atomic E-state index is 0.187. The first-order valence-corrected chi connectivity index (χ1v) is 9.24. The van der Waals surface area contributed by atoms with Crippen LogP contribution in [0.2, 0.25) is 0 Å². The van der Waals surface area contributed by atoms with Gasteiger partial charge in [-0.25, -0.2) is 0 Å². The van der Waals surface area contributed by atoms with E-state index in [4.69, 9.17) is 0 Å². The summed E-state index contributed by atoms with van der Waals surface area (Å²) in [6.45, 7) is 4.19. The summed E-state index contributed by atoms with van der Waals surface area (Å²) in [7, 11) is 0. The highest BCUT2D eigenvalue weighted by molar-refractivity contribution is 5.76. The van der Waals surface area contributed by atoms with Gasteiger partial charge in [0.25, 0.3) is 0 Å². The number of carbonyl (C=O) groups is 2. The largest absolute Gasteiger partial charge is 0.342 e. The van der Waals surface area contributed by atoms with E-state index in [-0.39, 0.29) is 11.8 Å². The first-order valence-electron chi connectivity index (χ1n) is 9.24. The van der Waals surface area contributed by atoms with Crippen LogP contribution in [0, 0.1) is 5.92 Å². The third-order valence-electron chi connectivity index (χ3n) is 5.52. The summed E-state index contributed by atoms with van der Waals surface area (Å²) in [6.07, 6.45) is 5.65. The molecule has 1 aromatic carbocycles. The molecule has 3 rings (SSSR count). The second-order valence-electron chi connectivity index (χ2n) is 7.15. The van der Waals surface area contributed by atoms with Gasteiger partial charge in [-0.1, -0.05) is 30.3 Å². The van der Waals surface area contributed by atoms with Crippen LogP contribution in [0.25, 0.3) is 0 Å². The molecule has 0 aromatic heterocycles. The van der Waals surface area contributed by atoms with Crippen LogP contribution in [0.15, 0.2) is 30.3 Å². The molecule has 1 aromatic rings. The molecular weight excluding hydrogens is 300 g/mol. The molecule has 0 aliphatic carbocycles. The van der Waals surface area contributed by atoms with Gasteiger partial charge in [0.2, 0.25) is 11.8 Å². The molecule has 2 amide bonds. The molecule has 0 bridgehead atoms. The third-order valence-corrected chi connectivity index (χ3v) is 5.52. The lowest BCUT2D eigenvalue weighted by Gasteiger charge is -2.47. The SMILES string of the molecule is CC(=O)N1CCC[C@@H]2CN(C(=O)CCCc3ccccc3)CC[C@@H]21. The zero-order chi connectivity index (χ0) is 16.9. The number of piperidine rings is 2. The van der Waals surface area contributed by atoms with Crippen LogP contribution in [-0.4, -0.2) is 47.3 Å². The Balaban J connectivity index is 1.48. The molecule has 2 aliphatic rings. The molecule has 0 saturated carbocycles. The van der Waals surface area contributed by atoms with Crippen LogP contribution < -0.4 is 0 Å². The van der Waals surface area contributed by atoms with Crippen molar-refractivity contribution in [3.05, 3.63) is 35.9 Å². The summed E-state index contributed by atoms with van der Waals surface area (Å²) in [5.41, 5.74) is 1.30. The molecule has 0 unspecified atom stereocenters. The van der Waals surface area contributed by atoms with Crippen molar-refractivity contribution in [3.63, 3.8) is 0 Å². The first kappa shape index (κ1) is 17.0. The molecule has 130 valence electrons. The van der Waals surface area contributed by atoms with E-state index in [0.717, 1.165) is 51.7 Å². The minimum Gasteiger partial charge on any atom is -0.342 e. The quantitative estimate of drug-likeness (QED) is 0.853. The number of hydrogen-bond acceptors (Lipinski definition) is 2. The van der Waals surface area contributed by atoms with Crippen LogP contribution in [-0.2, 0) is 16.0 Å². The molecule has 2 heterocycles. The second kappa shape index (κ2) is 7.82. The molecule has 2 atom stereocenters. The standard InChI is InChI=1S/C20H28N2O2/c1-16(23)22-13-6-10-18-15-21(14-12-19(18)22)20(24)11-5-9-17-7-3-2-4-8-17/h2-4,7-8,18-19H,5-6,9-15H2,1H3/t18-,19+/m1/s1. The Morgan fingerprint density at radius 2 is 1.92 bits per heavy atom. The van der Waals surface area contributed by atoms with Crippen molar-refractivity contribution in [2.75, 3.05) is 19.6 Å². The highest BCUT2D eigenvalue weighted by atomic mass is 16.2. The minimum atomic E-state index is 0.187. The smallest absolute Gasteiger partial charge is 0.222 e. The van der Waals surface area contributed by atoms with Gasteiger partial charge in [-0.05, 0) is 43.6 Å². The van der Waals surface area contributed by atoms with Crippen LogP contribution >= 0.6 is 0 Å². The van der Waals surface area contributed by atoms with Crippen LogP contribution in [0.4, 0.5) is 0 Å². The molecule has 4 heteroatoms. The average molecular weight is 328 g/mol. The fourth-order valence-corrected chi connectivity index (χ4v) is 4.27. The molecule has 4 nitrogen and oxygen atoms in total. The summed E-state index contributed by atoms with van der Waals surface area (Å²) in [5.74, 6) is 0.936. The Morgan fingerprint density at radius 3 is 2.67 bits per heavy atom. The Hall–Kier alpha value is -1.84. The lowest BCUT2D eigenvalue weighted by atomic mass is 9.83. The van der Waals surface area contributed by atoms with Crippen molar-refractivity contribution in [3.8, 4) is 0 Å². The monoisotopic (exact) mass is 328 g/mol. The fourth-order valence-electron chi connectivity index (χ4n) is 4.27. The lowest BCUT2D eigenvalue weighted by Crippen LogP contribution is -2.56. The number of likely N-dealkylation sites (tertiary alicyclic amines) is 2. The fraction of sp³-hybridized carbons (Fsp3) is 0.600. The number of nitrogens with zero attached hydrogens (tertiary/aromatic N) is 2. The number of rotatable bonds is 4. The van der Waals surface area contributed by atoms with Gasteiger partial charge in [0.1, 0.15) is 0 Å². The predicted molar refractivity (Wildman–Crippen MR) is 94.5 cm³/mol. The third kappa shape index (κ3) is 3.97. The van der Waals surface area contributed by atoms with Gasteiger partial charge in [0.15, 0.2) is 0 Å². The molecule has 0 N–H and O–H groups in total. The van der Waals surface area contributed by atoms with Crippen LogP contribution in [0.1, 0.15) is 44.6 Å². The molecule has 24 heavy (non-hydrogen) atoms. The van der Waals surface area contributed by atoms with Crippen molar-refractivity contribution in [1.29, 1.82) is 0 Å². The van der Waals surface area contributed by atoms with Crippen molar-refractivity contribution in [2.24, 2.45) is 5.92 Å². The summed E-state index contributed by atoms with van der Waals surface area (Å²) in [6, 6.07) is 10.7. The van der Waals surface area contributed by atoms with Gasteiger partial charge < -0.3 is 9.80 Å². The topological polar surface area (TPSA) is 40.6 Å². The van der Waals surface area contributed by atoms with Gasteiger partial charge in [0.05, 0.1) is 0 Å². The van der Waals surface area contributed by atoms with E-state index in [0.29, 0.717) is 18.4 Å². The number of benzene rings is 1. The summed E-state index contributed by atoms with van der Waals surface area (Å²) in [5, 5.41) is 0. The van der Waals surface area contributed by atoms with E-state index in [9.17, 15) is 9.59 Å². The van der Waals surface area contributed by atoms with Crippen molar-refractivity contribution < 1.29 is 9.59 Å². The molecule has 2 fully saturated rings. The predicted octanol–water partition coefficient (Wildman–Crippen LogP) is 2.87. The van der Waals surface area contributed by atoms with Crippen molar-refractivity contribution in [1.82, 2.24) is 9.80 Å². The first-order chi connectivity index (χ1) is 11.6.